The van der Waals surface area contributed by atoms with Gasteiger partial charge in [0.05, 0.1) is 18.6 Å². The lowest BCUT2D eigenvalue weighted by Crippen LogP contribution is -2.30. The lowest BCUT2D eigenvalue weighted by atomic mass is 9.80. The van der Waals surface area contributed by atoms with E-state index >= 15 is 0 Å². The van der Waals surface area contributed by atoms with E-state index in [1.165, 1.54) is 19.2 Å². The lowest BCUT2D eigenvalue weighted by molar-refractivity contribution is -0.136. The van der Waals surface area contributed by atoms with Crippen LogP contribution in [0.5, 0.6) is 0 Å². The van der Waals surface area contributed by atoms with E-state index in [0.717, 1.165) is 6.07 Å². The van der Waals surface area contributed by atoms with E-state index in [1.807, 2.05) is 0 Å². The molecule has 23 heavy (non-hydrogen) atoms. The van der Waals surface area contributed by atoms with Gasteiger partial charge in [0.25, 0.3) is 0 Å². The van der Waals surface area contributed by atoms with Gasteiger partial charge in [-0.15, -0.1) is 0 Å². The van der Waals surface area contributed by atoms with Gasteiger partial charge in [-0.3, -0.25) is 4.79 Å². The van der Waals surface area contributed by atoms with E-state index < -0.39 is 23.5 Å². The van der Waals surface area contributed by atoms with Crippen LogP contribution in [0.2, 0.25) is 0 Å². The van der Waals surface area contributed by atoms with Gasteiger partial charge in [0.2, 0.25) is 0 Å². The van der Waals surface area contributed by atoms with Crippen LogP contribution in [-0.2, 0) is 14.3 Å². The summed E-state index contributed by atoms with van der Waals surface area (Å²) in [6.07, 6.45) is 0.778. The quantitative estimate of drug-likeness (QED) is 0.852. The third kappa shape index (κ3) is 2.34. The summed E-state index contributed by atoms with van der Waals surface area (Å²) < 4.78 is 32.8. The second kappa shape index (κ2) is 5.61. The van der Waals surface area contributed by atoms with Crippen molar-refractivity contribution in [2.75, 3.05) is 7.11 Å². The summed E-state index contributed by atoms with van der Waals surface area (Å²) in [7, 11) is 1.21. The van der Waals surface area contributed by atoms with E-state index in [9.17, 15) is 18.4 Å². The Labute approximate surface area is 131 Å². The summed E-state index contributed by atoms with van der Waals surface area (Å²) in [6.45, 7) is 1.66. The van der Waals surface area contributed by atoms with Gasteiger partial charge in [-0.1, -0.05) is 12.1 Å². The number of ether oxygens (including phenoxy) is 1. The highest BCUT2D eigenvalue weighted by Crippen LogP contribution is 2.44. The number of carbonyl (C=O) groups is 2. The van der Waals surface area contributed by atoms with Crippen molar-refractivity contribution < 1.29 is 23.1 Å². The van der Waals surface area contributed by atoms with Crippen LogP contribution in [0.1, 0.15) is 31.2 Å². The fraction of sp³-hybridized carbons (Fsp3) is 0.294. The van der Waals surface area contributed by atoms with Crippen molar-refractivity contribution in [1.82, 2.24) is 5.32 Å². The molecule has 1 aromatic carbocycles. The Kier molecular flexibility index (Phi) is 3.75. The number of ketones is 1. The molecular weight excluding hydrogens is 304 g/mol. The third-order valence-corrected chi connectivity index (χ3v) is 4.25. The van der Waals surface area contributed by atoms with Crippen molar-refractivity contribution in [3.05, 3.63) is 57.9 Å². The Morgan fingerprint density at radius 3 is 2.74 bits per heavy atom. The number of Topliss-reactive ketones (excluding diaryl/α,β-unsaturated/α-hetero) is 1. The highest BCUT2D eigenvalue weighted by molar-refractivity contribution is 6.05. The molecule has 0 bridgehead atoms. The number of allylic oxidation sites excluding steroid dienone is 3. The smallest absolute Gasteiger partial charge is 0.336 e. The molecule has 1 aromatic rings. The monoisotopic (exact) mass is 319 g/mol. The number of hydrogen-bond acceptors (Lipinski definition) is 4. The molecule has 4 nitrogen and oxygen atoms in total. The average Bonchev–Trinajstić information content (AvgIpc) is 2.89. The summed E-state index contributed by atoms with van der Waals surface area (Å²) >= 11 is 0. The van der Waals surface area contributed by atoms with E-state index in [2.05, 4.69) is 5.32 Å². The predicted molar refractivity (Wildman–Crippen MR) is 78.2 cm³/mol. The molecule has 0 saturated heterocycles. The Balaban J connectivity index is 2.25. The standard InChI is InChI=1S/C17H15F2NO3/c1-8-13(17(22)23-2)14(9-4-3-5-10(18)16(9)19)15-11(20-8)6-7-12(15)21/h3-5,14,20H,6-7H2,1-2H3. The first kappa shape index (κ1) is 15.4. The highest BCUT2D eigenvalue weighted by Gasteiger charge is 2.41. The SMILES string of the molecule is COC(=O)C1=C(C)NC2=C(C(=O)CC2)C1c1cccc(F)c1F. The average molecular weight is 319 g/mol. The number of carbonyl (C=O) groups excluding carboxylic acids is 2. The largest absolute Gasteiger partial charge is 0.466 e. The van der Waals surface area contributed by atoms with Crippen molar-refractivity contribution in [2.24, 2.45) is 0 Å². The maximum Gasteiger partial charge on any atom is 0.336 e. The third-order valence-electron chi connectivity index (χ3n) is 4.25. The maximum atomic E-state index is 14.3. The van der Waals surface area contributed by atoms with Crippen molar-refractivity contribution in [3.8, 4) is 0 Å². The minimum atomic E-state index is -1.06. The van der Waals surface area contributed by atoms with Crippen LogP contribution in [0.3, 0.4) is 0 Å². The van der Waals surface area contributed by atoms with Crippen molar-refractivity contribution in [1.29, 1.82) is 0 Å². The molecule has 120 valence electrons. The Bertz CT molecular complexity index is 780. The predicted octanol–water partition coefficient (Wildman–Crippen LogP) is 2.72. The number of dihydropyridines is 1. The summed E-state index contributed by atoms with van der Waals surface area (Å²) in [5.41, 5.74) is 1.56. The van der Waals surface area contributed by atoms with Crippen LogP contribution in [0, 0.1) is 11.6 Å². The number of rotatable bonds is 2. The number of hydrogen-bond donors (Lipinski definition) is 1. The zero-order chi connectivity index (χ0) is 16.7. The van der Waals surface area contributed by atoms with Gasteiger partial charge < -0.3 is 10.1 Å². The second-order valence-corrected chi connectivity index (χ2v) is 5.55. The molecule has 3 rings (SSSR count). The van der Waals surface area contributed by atoms with E-state index in [4.69, 9.17) is 4.74 Å². The van der Waals surface area contributed by atoms with Crippen LogP contribution < -0.4 is 5.32 Å². The first-order chi connectivity index (χ1) is 11.0. The summed E-state index contributed by atoms with van der Waals surface area (Å²) in [5.74, 6) is -3.87. The fourth-order valence-electron chi connectivity index (χ4n) is 3.23. The van der Waals surface area contributed by atoms with Crippen LogP contribution >= 0.6 is 0 Å². The first-order valence-electron chi connectivity index (χ1n) is 7.22. The highest BCUT2D eigenvalue weighted by atomic mass is 19.2. The Morgan fingerprint density at radius 1 is 1.30 bits per heavy atom. The molecule has 2 aliphatic rings. The first-order valence-corrected chi connectivity index (χ1v) is 7.22. The zero-order valence-corrected chi connectivity index (χ0v) is 12.7. The molecule has 1 N–H and O–H groups in total. The Morgan fingerprint density at radius 2 is 2.04 bits per heavy atom. The molecule has 0 amide bonds. The van der Waals surface area contributed by atoms with E-state index in [1.54, 1.807) is 6.92 Å². The number of halogens is 2. The number of esters is 1. The van der Waals surface area contributed by atoms with Gasteiger partial charge in [0.1, 0.15) is 0 Å². The fourth-order valence-corrected chi connectivity index (χ4v) is 3.23. The molecule has 0 aromatic heterocycles. The molecule has 1 unspecified atom stereocenters. The molecule has 1 aliphatic heterocycles. The van der Waals surface area contributed by atoms with Crippen LogP contribution in [0.4, 0.5) is 8.78 Å². The zero-order valence-electron chi connectivity index (χ0n) is 12.7. The normalized spacial score (nSPS) is 20.5. The Hall–Kier alpha value is -2.50. The van der Waals surface area contributed by atoms with Crippen LogP contribution in [0.25, 0.3) is 0 Å². The molecule has 0 fully saturated rings. The van der Waals surface area contributed by atoms with Crippen LogP contribution in [0.15, 0.2) is 40.7 Å². The van der Waals surface area contributed by atoms with E-state index in [-0.39, 0.29) is 23.3 Å². The number of benzene rings is 1. The van der Waals surface area contributed by atoms with Gasteiger partial charge in [0, 0.05) is 29.0 Å². The number of nitrogens with one attached hydrogen (secondary N) is 1. The minimum absolute atomic E-state index is 0.0333. The summed E-state index contributed by atoms with van der Waals surface area (Å²) in [6, 6.07) is 3.75. The van der Waals surface area contributed by atoms with Crippen molar-refractivity contribution in [3.63, 3.8) is 0 Å². The second-order valence-electron chi connectivity index (χ2n) is 5.55. The summed E-state index contributed by atoms with van der Waals surface area (Å²) in [4.78, 5) is 24.4. The maximum absolute atomic E-state index is 14.3. The van der Waals surface area contributed by atoms with Crippen LogP contribution in [-0.4, -0.2) is 18.9 Å². The van der Waals surface area contributed by atoms with Gasteiger partial charge in [-0.05, 0) is 19.4 Å². The number of methoxy groups -OCH3 is 1. The van der Waals surface area contributed by atoms with Gasteiger partial charge >= 0.3 is 5.97 Å². The van der Waals surface area contributed by atoms with Gasteiger partial charge in [0.15, 0.2) is 17.4 Å². The molecule has 1 heterocycles. The summed E-state index contributed by atoms with van der Waals surface area (Å²) in [5, 5.41) is 3.03. The molecular formula is C17H15F2NO3. The van der Waals surface area contributed by atoms with E-state index in [0.29, 0.717) is 23.4 Å². The molecule has 1 atom stereocenters. The van der Waals surface area contributed by atoms with Crippen molar-refractivity contribution in [2.45, 2.75) is 25.7 Å². The molecule has 1 aliphatic carbocycles. The minimum Gasteiger partial charge on any atom is -0.466 e. The van der Waals surface area contributed by atoms with Gasteiger partial charge in [-0.25, -0.2) is 13.6 Å². The lowest BCUT2D eigenvalue weighted by Gasteiger charge is -2.29. The molecule has 0 radical (unpaired) electrons. The van der Waals surface area contributed by atoms with Gasteiger partial charge in [-0.2, -0.15) is 0 Å². The molecule has 0 spiro atoms. The molecule has 6 heteroatoms. The van der Waals surface area contributed by atoms with Crippen molar-refractivity contribution >= 4 is 11.8 Å². The molecule has 0 saturated carbocycles. The topological polar surface area (TPSA) is 55.4 Å².